The lowest BCUT2D eigenvalue weighted by Gasteiger charge is -2.12. The molecular formula is C9H8BrN3O. The maximum atomic E-state index is 11.4. The molecule has 1 aliphatic rings. The third-order valence-electron chi connectivity index (χ3n) is 1.88. The van der Waals surface area contributed by atoms with Crippen LogP contribution in [0.25, 0.3) is 0 Å². The van der Waals surface area contributed by atoms with Gasteiger partial charge in [0.05, 0.1) is 12.1 Å². The standard InChI is InChI=1S/C9H8BrN3O/c10-6-3-1-2-4-7(6)13-9(14)5-8(11)12-13/h1-4H,5H2,(H2,11,12). The number of hydrazone groups is 1. The van der Waals surface area contributed by atoms with Crippen LogP contribution in [0.3, 0.4) is 0 Å². The number of benzene rings is 1. The fourth-order valence-corrected chi connectivity index (χ4v) is 1.71. The molecule has 0 fully saturated rings. The van der Waals surface area contributed by atoms with Gasteiger partial charge < -0.3 is 5.73 Å². The van der Waals surface area contributed by atoms with E-state index < -0.39 is 0 Å². The molecule has 0 aromatic heterocycles. The van der Waals surface area contributed by atoms with Crippen molar-refractivity contribution in [3.05, 3.63) is 28.7 Å². The zero-order valence-corrected chi connectivity index (χ0v) is 8.86. The second kappa shape index (κ2) is 3.42. The van der Waals surface area contributed by atoms with Gasteiger partial charge in [-0.25, -0.2) is 0 Å². The second-order valence-corrected chi connectivity index (χ2v) is 3.78. The molecule has 72 valence electrons. The van der Waals surface area contributed by atoms with Crippen LogP contribution in [0.4, 0.5) is 5.69 Å². The van der Waals surface area contributed by atoms with E-state index in [1.807, 2.05) is 24.3 Å². The fourth-order valence-electron chi connectivity index (χ4n) is 1.26. The number of halogens is 1. The summed E-state index contributed by atoms with van der Waals surface area (Å²) in [6.07, 6.45) is 0.196. The van der Waals surface area contributed by atoms with Crippen molar-refractivity contribution < 1.29 is 4.79 Å². The minimum Gasteiger partial charge on any atom is -0.385 e. The summed E-state index contributed by atoms with van der Waals surface area (Å²) >= 11 is 3.35. The summed E-state index contributed by atoms with van der Waals surface area (Å²) in [5.74, 6) is 0.250. The Morgan fingerprint density at radius 2 is 2.14 bits per heavy atom. The third kappa shape index (κ3) is 1.50. The van der Waals surface area contributed by atoms with Gasteiger partial charge in [0.25, 0.3) is 5.91 Å². The average molecular weight is 254 g/mol. The van der Waals surface area contributed by atoms with Gasteiger partial charge in [-0.1, -0.05) is 12.1 Å². The topological polar surface area (TPSA) is 58.7 Å². The summed E-state index contributed by atoms with van der Waals surface area (Å²) in [4.78, 5) is 11.4. The maximum Gasteiger partial charge on any atom is 0.255 e. The first-order valence-corrected chi connectivity index (χ1v) is 4.88. The smallest absolute Gasteiger partial charge is 0.255 e. The Morgan fingerprint density at radius 1 is 1.43 bits per heavy atom. The van der Waals surface area contributed by atoms with Crippen LogP contribution < -0.4 is 10.7 Å². The number of rotatable bonds is 1. The normalized spacial score (nSPS) is 15.9. The number of amidine groups is 1. The van der Waals surface area contributed by atoms with E-state index in [-0.39, 0.29) is 12.3 Å². The number of nitrogens with two attached hydrogens (primary N) is 1. The summed E-state index contributed by atoms with van der Waals surface area (Å²) < 4.78 is 0.826. The van der Waals surface area contributed by atoms with Crippen LogP contribution in [-0.2, 0) is 4.79 Å². The number of carbonyl (C=O) groups is 1. The molecule has 0 saturated heterocycles. The lowest BCUT2D eigenvalue weighted by Crippen LogP contribution is -2.19. The van der Waals surface area contributed by atoms with Gasteiger partial charge in [-0.15, -0.1) is 0 Å². The number of nitrogens with zero attached hydrogens (tertiary/aromatic N) is 2. The van der Waals surface area contributed by atoms with Crippen molar-refractivity contribution in [3.63, 3.8) is 0 Å². The Hall–Kier alpha value is -1.36. The molecule has 0 atom stereocenters. The Balaban J connectivity index is 2.41. The van der Waals surface area contributed by atoms with Crippen molar-refractivity contribution in [2.75, 3.05) is 5.01 Å². The Labute approximate surface area is 89.5 Å². The maximum absolute atomic E-state index is 11.4. The molecule has 0 aliphatic carbocycles. The van der Waals surface area contributed by atoms with Crippen LogP contribution in [-0.4, -0.2) is 11.7 Å². The van der Waals surface area contributed by atoms with Gasteiger partial charge in [-0.3, -0.25) is 4.79 Å². The first-order valence-electron chi connectivity index (χ1n) is 4.09. The van der Waals surface area contributed by atoms with Crippen LogP contribution in [0.2, 0.25) is 0 Å². The molecule has 0 saturated carbocycles. The summed E-state index contributed by atoms with van der Waals surface area (Å²) in [5, 5.41) is 5.27. The molecule has 1 aliphatic heterocycles. The van der Waals surface area contributed by atoms with Crippen molar-refractivity contribution in [3.8, 4) is 0 Å². The molecule has 1 amide bonds. The SMILES string of the molecule is NC1=NN(c2ccccc2Br)C(=O)C1. The van der Waals surface area contributed by atoms with Gasteiger partial charge >= 0.3 is 0 Å². The highest BCUT2D eigenvalue weighted by Crippen LogP contribution is 2.28. The number of carbonyl (C=O) groups excluding carboxylic acids is 1. The van der Waals surface area contributed by atoms with Crippen molar-refractivity contribution in [2.24, 2.45) is 10.8 Å². The van der Waals surface area contributed by atoms with Gasteiger partial charge in [0.15, 0.2) is 0 Å². The van der Waals surface area contributed by atoms with Gasteiger partial charge in [-0.2, -0.15) is 10.1 Å². The Bertz CT molecular complexity index is 416. The van der Waals surface area contributed by atoms with Crippen LogP contribution in [0.5, 0.6) is 0 Å². The lowest BCUT2D eigenvalue weighted by molar-refractivity contribution is -0.116. The molecule has 1 aromatic rings. The minimum absolute atomic E-state index is 0.102. The molecule has 2 N–H and O–H groups in total. The molecule has 1 aromatic carbocycles. The predicted molar refractivity (Wildman–Crippen MR) is 57.9 cm³/mol. The predicted octanol–water partition coefficient (Wildman–Crippen LogP) is 1.46. The largest absolute Gasteiger partial charge is 0.385 e. The number of anilines is 1. The third-order valence-corrected chi connectivity index (χ3v) is 2.55. The van der Waals surface area contributed by atoms with Gasteiger partial charge in [0, 0.05) is 4.47 Å². The van der Waals surface area contributed by atoms with E-state index >= 15 is 0 Å². The zero-order valence-electron chi connectivity index (χ0n) is 7.27. The highest BCUT2D eigenvalue weighted by atomic mass is 79.9. The highest BCUT2D eigenvalue weighted by molar-refractivity contribution is 9.10. The van der Waals surface area contributed by atoms with E-state index in [0.29, 0.717) is 5.84 Å². The molecule has 4 nitrogen and oxygen atoms in total. The summed E-state index contributed by atoms with van der Waals surface area (Å²) in [7, 11) is 0. The van der Waals surface area contributed by atoms with Crippen molar-refractivity contribution in [2.45, 2.75) is 6.42 Å². The van der Waals surface area contributed by atoms with Crippen molar-refractivity contribution >= 4 is 33.4 Å². The number of para-hydroxylation sites is 1. The van der Waals surface area contributed by atoms with Crippen LogP contribution >= 0.6 is 15.9 Å². The second-order valence-electron chi connectivity index (χ2n) is 2.93. The van der Waals surface area contributed by atoms with Crippen molar-refractivity contribution in [1.29, 1.82) is 0 Å². The van der Waals surface area contributed by atoms with Gasteiger partial charge in [0.2, 0.25) is 0 Å². The summed E-state index contributed by atoms with van der Waals surface area (Å²) in [6, 6.07) is 7.38. The number of amides is 1. The van der Waals surface area contributed by atoms with E-state index in [2.05, 4.69) is 21.0 Å². The Kier molecular flexibility index (Phi) is 2.25. The first kappa shape index (κ1) is 9.21. The molecule has 0 unspecified atom stereocenters. The average Bonchev–Trinajstić information content (AvgIpc) is 2.46. The number of hydrogen-bond donors (Lipinski definition) is 1. The van der Waals surface area contributed by atoms with Crippen LogP contribution in [0.15, 0.2) is 33.8 Å². The van der Waals surface area contributed by atoms with E-state index in [1.54, 1.807) is 0 Å². The van der Waals surface area contributed by atoms with E-state index in [4.69, 9.17) is 5.73 Å². The van der Waals surface area contributed by atoms with Crippen molar-refractivity contribution in [1.82, 2.24) is 0 Å². The van der Waals surface area contributed by atoms with Gasteiger partial charge in [-0.05, 0) is 28.1 Å². The zero-order chi connectivity index (χ0) is 10.1. The van der Waals surface area contributed by atoms with E-state index in [1.165, 1.54) is 5.01 Å². The molecular weight excluding hydrogens is 246 g/mol. The quantitative estimate of drug-likeness (QED) is 0.824. The summed E-state index contributed by atoms with van der Waals surface area (Å²) in [5.41, 5.74) is 6.20. The lowest BCUT2D eigenvalue weighted by atomic mass is 10.3. The molecule has 1 heterocycles. The molecule has 14 heavy (non-hydrogen) atoms. The highest BCUT2D eigenvalue weighted by Gasteiger charge is 2.24. The van der Waals surface area contributed by atoms with E-state index in [0.717, 1.165) is 10.2 Å². The fraction of sp³-hybridized carbons (Fsp3) is 0.111. The molecule has 2 rings (SSSR count). The minimum atomic E-state index is -0.102. The molecule has 0 spiro atoms. The van der Waals surface area contributed by atoms with E-state index in [9.17, 15) is 4.79 Å². The van der Waals surface area contributed by atoms with Crippen LogP contribution in [0.1, 0.15) is 6.42 Å². The monoisotopic (exact) mass is 253 g/mol. The molecule has 0 radical (unpaired) electrons. The van der Waals surface area contributed by atoms with Gasteiger partial charge in [0.1, 0.15) is 5.84 Å². The first-order chi connectivity index (χ1) is 6.68. The molecule has 0 bridgehead atoms. The summed E-state index contributed by atoms with van der Waals surface area (Å²) in [6.45, 7) is 0. The number of hydrogen-bond acceptors (Lipinski definition) is 3. The van der Waals surface area contributed by atoms with Crippen LogP contribution in [0, 0.1) is 0 Å². The molecule has 5 heteroatoms. The Morgan fingerprint density at radius 3 is 2.71 bits per heavy atom.